The Hall–Kier alpha value is -3.45. The zero-order valence-corrected chi connectivity index (χ0v) is 18.5. The van der Waals surface area contributed by atoms with Crippen molar-refractivity contribution in [1.82, 2.24) is 9.38 Å². The number of carbonyl (C=O) groups is 2. The lowest BCUT2D eigenvalue weighted by Gasteiger charge is -2.09. The van der Waals surface area contributed by atoms with Gasteiger partial charge in [0.15, 0.2) is 0 Å². The molecule has 1 amide bonds. The number of anilines is 1. The summed E-state index contributed by atoms with van der Waals surface area (Å²) in [6.45, 7) is 6.02. The largest absolute Gasteiger partial charge is 0.462 e. The molecule has 1 aromatic carbocycles. The number of hydrogen-bond acceptors (Lipinski definition) is 5. The molecule has 0 aliphatic heterocycles. The molecule has 4 aromatic rings. The molecule has 4 rings (SSSR count). The van der Waals surface area contributed by atoms with Gasteiger partial charge >= 0.3 is 5.97 Å². The van der Waals surface area contributed by atoms with E-state index in [0.717, 1.165) is 27.9 Å². The number of esters is 1. The first-order valence-electron chi connectivity index (χ1n) is 10.0. The lowest BCUT2D eigenvalue weighted by Crippen LogP contribution is -2.16. The van der Waals surface area contributed by atoms with E-state index >= 15 is 0 Å². The average Bonchev–Trinajstić information content (AvgIpc) is 3.33. The van der Waals surface area contributed by atoms with Gasteiger partial charge < -0.3 is 14.5 Å². The number of hydrogen-bond donors (Lipinski definition) is 1. The van der Waals surface area contributed by atoms with Gasteiger partial charge in [-0.15, -0.1) is 11.3 Å². The average molecular weight is 434 g/mol. The van der Waals surface area contributed by atoms with Crippen LogP contribution in [0.15, 0.2) is 54.2 Å². The number of rotatable bonds is 6. The van der Waals surface area contributed by atoms with Crippen LogP contribution >= 0.6 is 11.3 Å². The summed E-state index contributed by atoms with van der Waals surface area (Å²) in [5, 5.41) is 5.25. The van der Waals surface area contributed by atoms with Crippen LogP contribution in [0.25, 0.3) is 16.8 Å². The van der Waals surface area contributed by atoms with E-state index in [1.807, 2.05) is 72.4 Å². The quantitative estimate of drug-likeness (QED) is 0.433. The fourth-order valence-electron chi connectivity index (χ4n) is 3.43. The normalized spacial score (nSPS) is 10.9. The maximum Gasteiger partial charge on any atom is 0.341 e. The molecule has 0 bridgehead atoms. The molecule has 0 saturated carbocycles. The fourth-order valence-corrected chi connectivity index (χ4v) is 4.40. The highest BCUT2D eigenvalue weighted by atomic mass is 32.1. The summed E-state index contributed by atoms with van der Waals surface area (Å²) < 4.78 is 7.17. The van der Waals surface area contributed by atoms with Gasteiger partial charge in [-0.3, -0.25) is 4.79 Å². The summed E-state index contributed by atoms with van der Waals surface area (Å²) in [5.74, 6) is -0.679. The number of benzene rings is 1. The molecule has 0 spiro atoms. The minimum Gasteiger partial charge on any atom is -0.462 e. The van der Waals surface area contributed by atoms with Gasteiger partial charge in [-0.05, 0) is 38.0 Å². The predicted octanol–water partition coefficient (Wildman–Crippen LogP) is 5.04. The molecule has 0 saturated heterocycles. The highest BCUT2D eigenvalue weighted by molar-refractivity contribution is 7.15. The van der Waals surface area contributed by atoms with Crippen molar-refractivity contribution in [2.24, 2.45) is 0 Å². The zero-order chi connectivity index (χ0) is 22.0. The first-order valence-corrected chi connectivity index (χ1v) is 10.9. The summed E-state index contributed by atoms with van der Waals surface area (Å²) >= 11 is 1.32. The Morgan fingerprint density at radius 3 is 2.65 bits per heavy atom. The minimum atomic E-state index is -0.446. The van der Waals surface area contributed by atoms with E-state index in [2.05, 4.69) is 10.3 Å². The molecule has 1 N–H and O–H groups in total. The van der Waals surface area contributed by atoms with E-state index in [9.17, 15) is 9.59 Å². The van der Waals surface area contributed by atoms with Crippen LogP contribution in [0.2, 0.25) is 0 Å². The molecule has 158 valence electrons. The Labute approximate surface area is 184 Å². The summed E-state index contributed by atoms with van der Waals surface area (Å²) in [6.07, 6.45) is 3.87. The third-order valence-electron chi connectivity index (χ3n) is 4.96. The monoisotopic (exact) mass is 433 g/mol. The molecular formula is C24H23N3O3S. The van der Waals surface area contributed by atoms with Crippen molar-refractivity contribution in [2.45, 2.75) is 27.2 Å². The Morgan fingerprint density at radius 2 is 1.94 bits per heavy atom. The zero-order valence-electron chi connectivity index (χ0n) is 17.6. The van der Waals surface area contributed by atoms with Gasteiger partial charge in [0, 0.05) is 23.3 Å². The second kappa shape index (κ2) is 8.73. The minimum absolute atomic E-state index is 0.112. The van der Waals surface area contributed by atoms with Gasteiger partial charge in [-0.2, -0.15) is 0 Å². The summed E-state index contributed by atoms with van der Waals surface area (Å²) in [5.41, 5.74) is 5.71. The van der Waals surface area contributed by atoms with Crippen LogP contribution < -0.4 is 5.32 Å². The molecule has 0 atom stereocenters. The fraction of sp³-hybridized carbons (Fsp3) is 0.208. The molecular weight excluding hydrogens is 410 g/mol. The summed E-state index contributed by atoms with van der Waals surface area (Å²) in [6, 6.07) is 11.8. The van der Waals surface area contributed by atoms with E-state index in [-0.39, 0.29) is 18.9 Å². The number of pyridine rings is 1. The molecule has 3 heterocycles. The lowest BCUT2D eigenvalue weighted by molar-refractivity contribution is -0.115. The molecule has 0 aliphatic carbocycles. The van der Waals surface area contributed by atoms with Crippen LogP contribution in [0.4, 0.5) is 5.00 Å². The summed E-state index contributed by atoms with van der Waals surface area (Å²) in [4.78, 5) is 30.0. The Balaban J connectivity index is 1.60. The number of amides is 1. The van der Waals surface area contributed by atoms with E-state index in [4.69, 9.17) is 4.74 Å². The van der Waals surface area contributed by atoms with Gasteiger partial charge in [0.1, 0.15) is 16.2 Å². The van der Waals surface area contributed by atoms with Gasteiger partial charge in [0.2, 0.25) is 5.91 Å². The molecule has 0 radical (unpaired) electrons. The molecule has 3 aromatic heterocycles. The van der Waals surface area contributed by atoms with E-state index < -0.39 is 5.97 Å². The van der Waals surface area contributed by atoms with Crippen molar-refractivity contribution in [3.8, 4) is 11.1 Å². The number of nitrogens with one attached hydrogen (secondary N) is 1. The van der Waals surface area contributed by atoms with Crippen molar-refractivity contribution in [1.29, 1.82) is 0 Å². The molecule has 0 aliphatic rings. The van der Waals surface area contributed by atoms with Crippen LogP contribution in [0, 0.1) is 13.8 Å². The van der Waals surface area contributed by atoms with Crippen molar-refractivity contribution in [2.75, 3.05) is 11.9 Å². The van der Waals surface area contributed by atoms with E-state index in [0.29, 0.717) is 16.3 Å². The number of aromatic nitrogens is 2. The number of carbonyl (C=O) groups excluding carboxylic acids is 2. The van der Waals surface area contributed by atoms with Crippen LogP contribution in [-0.4, -0.2) is 27.9 Å². The second-order valence-electron chi connectivity index (χ2n) is 7.32. The van der Waals surface area contributed by atoms with Crippen LogP contribution in [0.1, 0.15) is 34.1 Å². The second-order valence-corrected chi connectivity index (χ2v) is 8.20. The number of ether oxygens (including phenoxy) is 1. The maximum absolute atomic E-state index is 12.8. The Kier molecular flexibility index (Phi) is 5.86. The third-order valence-corrected chi connectivity index (χ3v) is 5.85. The molecule has 7 heteroatoms. The third kappa shape index (κ3) is 4.36. The number of imidazole rings is 1. The van der Waals surface area contributed by atoms with Crippen LogP contribution in [0.5, 0.6) is 0 Å². The smallest absolute Gasteiger partial charge is 0.341 e. The van der Waals surface area contributed by atoms with Crippen molar-refractivity contribution < 1.29 is 14.3 Å². The predicted molar refractivity (Wildman–Crippen MR) is 123 cm³/mol. The van der Waals surface area contributed by atoms with Gasteiger partial charge in [0.25, 0.3) is 0 Å². The topological polar surface area (TPSA) is 72.7 Å². The lowest BCUT2D eigenvalue weighted by atomic mass is 10.0. The standard InChI is InChI=1S/C24H23N3O3S/c1-4-30-24(29)21-19(17-9-7-15(2)8-10-17)14-31-23(21)26-20(28)12-18-13-27-11-5-6-16(3)22(27)25-18/h5-11,13-14H,4,12H2,1-3H3,(H,26,28). The first kappa shape index (κ1) is 20.8. The molecule has 0 fully saturated rings. The molecule has 6 nitrogen and oxygen atoms in total. The summed E-state index contributed by atoms with van der Waals surface area (Å²) in [7, 11) is 0. The Bertz CT molecular complexity index is 1260. The van der Waals surface area contributed by atoms with Crippen molar-refractivity contribution in [3.05, 3.63) is 76.6 Å². The molecule has 0 unspecified atom stereocenters. The molecule has 31 heavy (non-hydrogen) atoms. The first-order chi connectivity index (χ1) is 15.0. The van der Waals surface area contributed by atoms with Crippen LogP contribution in [0.3, 0.4) is 0 Å². The number of fused-ring (bicyclic) bond motifs is 1. The Morgan fingerprint density at radius 1 is 1.16 bits per heavy atom. The van der Waals surface area contributed by atoms with Gasteiger partial charge in [0.05, 0.1) is 18.7 Å². The highest BCUT2D eigenvalue weighted by Crippen LogP contribution is 2.36. The maximum atomic E-state index is 12.8. The number of aryl methyl sites for hydroxylation is 2. The SMILES string of the molecule is CCOC(=O)c1c(-c2ccc(C)cc2)csc1NC(=O)Cc1cn2cccc(C)c2n1. The number of nitrogens with zero attached hydrogens (tertiary/aromatic N) is 2. The van der Waals surface area contributed by atoms with Gasteiger partial charge in [-0.1, -0.05) is 35.9 Å². The van der Waals surface area contributed by atoms with Gasteiger partial charge in [-0.25, -0.2) is 9.78 Å². The van der Waals surface area contributed by atoms with Crippen molar-refractivity contribution in [3.63, 3.8) is 0 Å². The van der Waals surface area contributed by atoms with E-state index in [1.54, 1.807) is 6.92 Å². The van der Waals surface area contributed by atoms with E-state index in [1.165, 1.54) is 11.3 Å². The van der Waals surface area contributed by atoms with Crippen LogP contribution in [-0.2, 0) is 16.0 Å². The highest BCUT2D eigenvalue weighted by Gasteiger charge is 2.23. The van der Waals surface area contributed by atoms with Crippen molar-refractivity contribution >= 4 is 33.9 Å². The number of thiophene rings is 1.